The minimum atomic E-state index is -0.277. The van der Waals surface area contributed by atoms with Gasteiger partial charge in [-0.15, -0.1) is 0 Å². The topological polar surface area (TPSA) is 71.2 Å². The first-order valence-corrected chi connectivity index (χ1v) is 8.28. The van der Waals surface area contributed by atoms with E-state index in [0.717, 1.165) is 42.7 Å². The van der Waals surface area contributed by atoms with E-state index < -0.39 is 0 Å². The summed E-state index contributed by atoms with van der Waals surface area (Å²) in [5, 5.41) is 4.73. The summed E-state index contributed by atoms with van der Waals surface area (Å²) in [5.41, 5.74) is 0.751. The molecule has 3 heterocycles. The summed E-state index contributed by atoms with van der Waals surface area (Å²) in [6.07, 6.45) is 3.30. The standard InChI is InChI=1S/C17H19FN6O/c1-23(2)17-21-16(25-22-17)11-5-7-24(8-6-11)15-13-9-12(18)3-4-14(13)19-10-20-15/h3-4,9-11H,5-8H2,1-2H3. The van der Waals surface area contributed by atoms with Crippen LogP contribution in [0.3, 0.4) is 0 Å². The van der Waals surface area contributed by atoms with E-state index in [2.05, 4.69) is 25.0 Å². The third kappa shape index (κ3) is 2.99. The molecule has 0 radical (unpaired) electrons. The van der Waals surface area contributed by atoms with E-state index in [1.54, 1.807) is 6.07 Å². The van der Waals surface area contributed by atoms with Crippen molar-refractivity contribution in [1.82, 2.24) is 20.1 Å². The third-order valence-corrected chi connectivity index (χ3v) is 4.55. The van der Waals surface area contributed by atoms with E-state index >= 15 is 0 Å². The Morgan fingerprint density at radius 2 is 2.00 bits per heavy atom. The fraction of sp³-hybridized carbons (Fsp3) is 0.412. The van der Waals surface area contributed by atoms with Crippen LogP contribution >= 0.6 is 0 Å². The maximum absolute atomic E-state index is 13.6. The fourth-order valence-corrected chi connectivity index (χ4v) is 3.18. The van der Waals surface area contributed by atoms with Crippen LogP contribution in [0.2, 0.25) is 0 Å². The minimum Gasteiger partial charge on any atom is -0.356 e. The van der Waals surface area contributed by atoms with Crippen LogP contribution in [0.25, 0.3) is 10.9 Å². The molecule has 1 aromatic carbocycles. The SMILES string of the molecule is CN(C)c1noc(C2CCN(c3ncnc4ccc(F)cc34)CC2)n1. The molecule has 0 aliphatic carbocycles. The maximum atomic E-state index is 13.6. The summed E-state index contributed by atoms with van der Waals surface area (Å²) in [6.45, 7) is 1.60. The normalized spacial score (nSPS) is 15.7. The van der Waals surface area contributed by atoms with E-state index in [1.807, 2.05) is 19.0 Å². The number of rotatable bonds is 3. The Balaban J connectivity index is 1.53. The van der Waals surface area contributed by atoms with Gasteiger partial charge >= 0.3 is 0 Å². The average Bonchev–Trinajstić information content (AvgIpc) is 3.12. The maximum Gasteiger partial charge on any atom is 0.265 e. The average molecular weight is 342 g/mol. The Labute approximate surface area is 144 Å². The number of halogens is 1. The van der Waals surface area contributed by atoms with Crippen molar-refractivity contribution in [3.05, 3.63) is 36.2 Å². The zero-order valence-corrected chi connectivity index (χ0v) is 14.2. The lowest BCUT2D eigenvalue weighted by Gasteiger charge is -2.31. The van der Waals surface area contributed by atoms with Gasteiger partial charge in [0.25, 0.3) is 5.95 Å². The fourth-order valence-electron chi connectivity index (χ4n) is 3.18. The van der Waals surface area contributed by atoms with Gasteiger partial charge in [-0.2, -0.15) is 4.98 Å². The highest BCUT2D eigenvalue weighted by Gasteiger charge is 2.27. The summed E-state index contributed by atoms with van der Waals surface area (Å²) in [6, 6.07) is 4.60. The molecule has 0 bridgehead atoms. The highest BCUT2D eigenvalue weighted by molar-refractivity contribution is 5.89. The molecule has 0 spiro atoms. The molecule has 7 nitrogen and oxygen atoms in total. The van der Waals surface area contributed by atoms with Crippen molar-refractivity contribution in [2.24, 2.45) is 0 Å². The second-order valence-corrected chi connectivity index (χ2v) is 6.45. The van der Waals surface area contributed by atoms with Gasteiger partial charge in [0.15, 0.2) is 0 Å². The quantitative estimate of drug-likeness (QED) is 0.724. The van der Waals surface area contributed by atoms with Crippen LogP contribution < -0.4 is 9.80 Å². The van der Waals surface area contributed by atoms with E-state index in [-0.39, 0.29) is 11.7 Å². The van der Waals surface area contributed by atoms with Gasteiger partial charge in [0.1, 0.15) is 18.0 Å². The van der Waals surface area contributed by atoms with Crippen LogP contribution in [-0.2, 0) is 0 Å². The summed E-state index contributed by atoms with van der Waals surface area (Å²) in [7, 11) is 3.77. The Morgan fingerprint density at radius 3 is 2.72 bits per heavy atom. The first-order chi connectivity index (χ1) is 12.1. The van der Waals surface area contributed by atoms with Gasteiger partial charge in [0.2, 0.25) is 5.89 Å². The number of hydrogen-bond acceptors (Lipinski definition) is 7. The summed E-state index contributed by atoms with van der Waals surface area (Å²) in [4.78, 5) is 17.0. The Bertz CT molecular complexity index is 888. The molecule has 1 aliphatic rings. The minimum absolute atomic E-state index is 0.238. The van der Waals surface area contributed by atoms with Crippen LogP contribution in [0.15, 0.2) is 29.0 Å². The van der Waals surface area contributed by atoms with E-state index in [0.29, 0.717) is 11.8 Å². The zero-order valence-electron chi connectivity index (χ0n) is 14.2. The number of fused-ring (bicyclic) bond motifs is 1. The molecule has 1 fully saturated rings. The highest BCUT2D eigenvalue weighted by atomic mass is 19.1. The lowest BCUT2D eigenvalue weighted by atomic mass is 9.96. The van der Waals surface area contributed by atoms with Gasteiger partial charge in [-0.25, -0.2) is 14.4 Å². The zero-order chi connectivity index (χ0) is 17.4. The lowest BCUT2D eigenvalue weighted by Crippen LogP contribution is -2.33. The van der Waals surface area contributed by atoms with Gasteiger partial charge in [0, 0.05) is 38.5 Å². The molecular weight excluding hydrogens is 323 g/mol. The number of nitrogens with zero attached hydrogens (tertiary/aromatic N) is 6. The molecule has 4 rings (SSSR count). The van der Waals surface area contributed by atoms with Crippen molar-refractivity contribution in [2.45, 2.75) is 18.8 Å². The van der Waals surface area contributed by atoms with Crippen LogP contribution in [0.4, 0.5) is 16.2 Å². The van der Waals surface area contributed by atoms with Crippen molar-refractivity contribution in [3.63, 3.8) is 0 Å². The molecule has 3 aromatic rings. The molecule has 8 heteroatoms. The van der Waals surface area contributed by atoms with Crippen molar-refractivity contribution in [2.75, 3.05) is 37.0 Å². The van der Waals surface area contributed by atoms with Gasteiger partial charge < -0.3 is 14.3 Å². The van der Waals surface area contributed by atoms with Crippen molar-refractivity contribution in [3.8, 4) is 0 Å². The Hall–Kier alpha value is -2.77. The number of benzene rings is 1. The number of hydrogen-bond donors (Lipinski definition) is 0. The molecule has 25 heavy (non-hydrogen) atoms. The van der Waals surface area contributed by atoms with Crippen LogP contribution in [0.5, 0.6) is 0 Å². The molecule has 0 unspecified atom stereocenters. The number of piperidine rings is 1. The van der Waals surface area contributed by atoms with Gasteiger partial charge in [-0.05, 0) is 36.2 Å². The predicted octanol–water partition coefficient (Wildman–Crippen LogP) is 2.60. The third-order valence-electron chi connectivity index (χ3n) is 4.55. The number of aromatic nitrogens is 4. The van der Waals surface area contributed by atoms with Crippen molar-refractivity contribution < 1.29 is 8.91 Å². The molecule has 0 saturated carbocycles. The van der Waals surface area contributed by atoms with Gasteiger partial charge in [-0.3, -0.25) is 0 Å². The van der Waals surface area contributed by atoms with Crippen LogP contribution in [-0.4, -0.2) is 47.3 Å². The molecule has 0 amide bonds. The first kappa shape index (κ1) is 15.7. The van der Waals surface area contributed by atoms with E-state index in [9.17, 15) is 4.39 Å². The van der Waals surface area contributed by atoms with Crippen LogP contribution in [0, 0.1) is 5.82 Å². The summed E-state index contributed by atoms with van der Waals surface area (Å²) >= 11 is 0. The van der Waals surface area contributed by atoms with Crippen LogP contribution in [0.1, 0.15) is 24.7 Å². The molecule has 0 N–H and O–H groups in total. The van der Waals surface area contributed by atoms with E-state index in [1.165, 1.54) is 18.5 Å². The van der Waals surface area contributed by atoms with Gasteiger partial charge in [0.05, 0.1) is 5.52 Å². The molecule has 2 aromatic heterocycles. The second kappa shape index (κ2) is 6.27. The molecular formula is C17H19FN6O. The highest BCUT2D eigenvalue weighted by Crippen LogP contribution is 2.32. The monoisotopic (exact) mass is 342 g/mol. The lowest BCUT2D eigenvalue weighted by molar-refractivity contribution is 0.329. The molecule has 1 saturated heterocycles. The predicted molar refractivity (Wildman–Crippen MR) is 92.3 cm³/mol. The summed E-state index contributed by atoms with van der Waals surface area (Å²) in [5.74, 6) is 2.02. The summed E-state index contributed by atoms with van der Waals surface area (Å²) < 4.78 is 19.0. The largest absolute Gasteiger partial charge is 0.356 e. The molecule has 0 atom stereocenters. The molecule has 130 valence electrons. The number of anilines is 2. The van der Waals surface area contributed by atoms with Gasteiger partial charge in [-0.1, -0.05) is 0 Å². The Kier molecular flexibility index (Phi) is 3.95. The van der Waals surface area contributed by atoms with Crippen molar-refractivity contribution in [1.29, 1.82) is 0 Å². The van der Waals surface area contributed by atoms with Crippen molar-refractivity contribution >= 4 is 22.7 Å². The Morgan fingerprint density at radius 1 is 1.20 bits per heavy atom. The molecule has 1 aliphatic heterocycles. The van der Waals surface area contributed by atoms with E-state index in [4.69, 9.17) is 4.52 Å². The first-order valence-electron chi connectivity index (χ1n) is 8.28. The smallest absolute Gasteiger partial charge is 0.265 e. The second-order valence-electron chi connectivity index (χ2n) is 6.45.